The zero-order chi connectivity index (χ0) is 15.7. The quantitative estimate of drug-likeness (QED) is 0.679. The second kappa shape index (κ2) is 5.60. The Labute approximate surface area is 127 Å². The topological polar surface area (TPSA) is 20.2 Å². The molecule has 3 aromatic rings. The predicted octanol–water partition coefficient (Wildman–Crippen LogP) is 5.31. The van der Waals surface area contributed by atoms with Crippen molar-refractivity contribution in [2.45, 2.75) is 6.92 Å². The molecule has 0 aliphatic carbocycles. The van der Waals surface area contributed by atoms with Crippen molar-refractivity contribution in [2.75, 3.05) is 0 Å². The Morgan fingerprint density at radius 1 is 0.636 bits per heavy atom. The number of phenolic OH excluding ortho intramolecular Hbond substituents is 1. The molecule has 0 radical (unpaired) electrons. The molecule has 1 nitrogen and oxygen atoms in total. The van der Waals surface area contributed by atoms with E-state index < -0.39 is 17.4 Å². The molecule has 3 aromatic carbocycles. The summed E-state index contributed by atoms with van der Waals surface area (Å²) < 4.78 is 27.3. The molecular weight excluding hydrogens is 282 g/mol. The van der Waals surface area contributed by atoms with Gasteiger partial charge in [0.1, 0.15) is 0 Å². The monoisotopic (exact) mass is 296 g/mol. The molecular formula is C19H14F2O. The van der Waals surface area contributed by atoms with E-state index in [4.69, 9.17) is 0 Å². The van der Waals surface area contributed by atoms with Gasteiger partial charge in [-0.25, -0.2) is 4.39 Å². The Bertz CT molecular complexity index is 806. The maximum Gasteiger partial charge on any atom is 0.200 e. The lowest BCUT2D eigenvalue weighted by atomic mass is 9.99. The zero-order valence-corrected chi connectivity index (χ0v) is 12.0. The number of hydrogen-bond donors (Lipinski definition) is 1. The summed E-state index contributed by atoms with van der Waals surface area (Å²) in [5, 5.41) is 9.17. The summed E-state index contributed by atoms with van der Waals surface area (Å²) in [5.41, 5.74) is 3.94. The van der Waals surface area contributed by atoms with Crippen molar-refractivity contribution in [1.29, 1.82) is 0 Å². The lowest BCUT2D eigenvalue weighted by molar-refractivity contribution is 0.408. The third-order valence-corrected chi connectivity index (χ3v) is 3.64. The van der Waals surface area contributed by atoms with Gasteiger partial charge in [0.15, 0.2) is 11.6 Å². The van der Waals surface area contributed by atoms with E-state index in [1.165, 1.54) is 11.6 Å². The fraction of sp³-hybridized carbons (Fsp3) is 0.0526. The molecule has 0 aromatic heterocycles. The van der Waals surface area contributed by atoms with Crippen LogP contribution in [0.15, 0.2) is 60.7 Å². The second-order valence-electron chi connectivity index (χ2n) is 5.20. The molecule has 3 heteroatoms. The van der Waals surface area contributed by atoms with Crippen LogP contribution in [-0.2, 0) is 0 Å². The Kier molecular flexibility index (Phi) is 3.63. The molecule has 0 spiro atoms. The van der Waals surface area contributed by atoms with Crippen molar-refractivity contribution >= 4 is 0 Å². The van der Waals surface area contributed by atoms with E-state index >= 15 is 0 Å². The van der Waals surface area contributed by atoms with Gasteiger partial charge >= 0.3 is 0 Å². The minimum Gasteiger partial charge on any atom is -0.505 e. The SMILES string of the molecule is Cc1ccc(-c2ccc(-c3ccc(O)c(F)c3F)cc2)cc1. The molecule has 0 aliphatic rings. The Hall–Kier alpha value is -2.68. The molecule has 0 saturated heterocycles. The van der Waals surface area contributed by atoms with E-state index in [-0.39, 0.29) is 5.56 Å². The van der Waals surface area contributed by atoms with Gasteiger partial charge in [0.05, 0.1) is 0 Å². The van der Waals surface area contributed by atoms with Crippen LogP contribution in [0.25, 0.3) is 22.3 Å². The summed E-state index contributed by atoms with van der Waals surface area (Å²) in [7, 11) is 0. The van der Waals surface area contributed by atoms with Crippen molar-refractivity contribution in [3.8, 4) is 28.0 Å². The Morgan fingerprint density at radius 3 is 1.73 bits per heavy atom. The number of phenols is 1. The van der Waals surface area contributed by atoms with Crippen LogP contribution in [0.3, 0.4) is 0 Å². The lowest BCUT2D eigenvalue weighted by Gasteiger charge is -2.07. The van der Waals surface area contributed by atoms with E-state index in [0.29, 0.717) is 5.56 Å². The average molecular weight is 296 g/mol. The highest BCUT2D eigenvalue weighted by molar-refractivity contribution is 5.71. The smallest absolute Gasteiger partial charge is 0.200 e. The van der Waals surface area contributed by atoms with Crippen LogP contribution in [0, 0.1) is 18.6 Å². The van der Waals surface area contributed by atoms with Crippen LogP contribution >= 0.6 is 0 Å². The number of aryl methyl sites for hydroxylation is 1. The molecule has 0 fully saturated rings. The molecule has 0 amide bonds. The van der Waals surface area contributed by atoms with Gasteiger partial charge in [0.25, 0.3) is 0 Å². The standard InChI is InChI=1S/C19H14F2O/c1-12-2-4-13(5-3-12)14-6-8-15(9-7-14)16-10-11-17(22)19(21)18(16)20/h2-11,22H,1H3. The molecule has 1 N–H and O–H groups in total. The second-order valence-corrected chi connectivity index (χ2v) is 5.20. The summed E-state index contributed by atoms with van der Waals surface area (Å²) in [6, 6.07) is 17.8. The van der Waals surface area contributed by atoms with Gasteiger partial charge in [-0.15, -0.1) is 0 Å². The third kappa shape index (κ3) is 2.58. The lowest BCUT2D eigenvalue weighted by Crippen LogP contribution is -1.90. The molecule has 0 atom stereocenters. The van der Waals surface area contributed by atoms with Crippen LogP contribution < -0.4 is 0 Å². The summed E-state index contributed by atoms with van der Waals surface area (Å²) in [6.45, 7) is 2.02. The van der Waals surface area contributed by atoms with E-state index in [2.05, 4.69) is 0 Å². The van der Waals surface area contributed by atoms with E-state index in [0.717, 1.165) is 17.2 Å². The van der Waals surface area contributed by atoms with Gasteiger partial charge in [-0.2, -0.15) is 4.39 Å². The molecule has 0 unspecified atom stereocenters. The van der Waals surface area contributed by atoms with Crippen LogP contribution in [0.2, 0.25) is 0 Å². The van der Waals surface area contributed by atoms with Crippen LogP contribution in [0.5, 0.6) is 5.75 Å². The molecule has 3 rings (SSSR count). The number of rotatable bonds is 2. The highest BCUT2D eigenvalue weighted by Crippen LogP contribution is 2.30. The van der Waals surface area contributed by atoms with Crippen molar-refractivity contribution in [3.63, 3.8) is 0 Å². The third-order valence-electron chi connectivity index (χ3n) is 3.64. The van der Waals surface area contributed by atoms with Gasteiger partial charge < -0.3 is 5.11 Å². The Morgan fingerprint density at radius 2 is 1.14 bits per heavy atom. The minimum absolute atomic E-state index is 0.130. The maximum absolute atomic E-state index is 13.9. The molecule has 22 heavy (non-hydrogen) atoms. The van der Waals surface area contributed by atoms with Gasteiger partial charge in [-0.05, 0) is 35.7 Å². The van der Waals surface area contributed by atoms with Crippen LogP contribution in [0.4, 0.5) is 8.78 Å². The molecule has 110 valence electrons. The normalized spacial score (nSPS) is 10.7. The van der Waals surface area contributed by atoms with Gasteiger partial charge in [0, 0.05) is 5.56 Å². The first-order valence-electron chi connectivity index (χ1n) is 6.90. The molecule has 0 heterocycles. The van der Waals surface area contributed by atoms with E-state index in [9.17, 15) is 13.9 Å². The Balaban J connectivity index is 1.98. The summed E-state index contributed by atoms with van der Waals surface area (Å²) in [4.78, 5) is 0. The largest absolute Gasteiger partial charge is 0.505 e. The van der Waals surface area contributed by atoms with Gasteiger partial charge in [-0.1, -0.05) is 54.1 Å². The van der Waals surface area contributed by atoms with Crippen molar-refractivity contribution < 1.29 is 13.9 Å². The highest BCUT2D eigenvalue weighted by Gasteiger charge is 2.14. The van der Waals surface area contributed by atoms with Crippen LogP contribution in [0.1, 0.15) is 5.56 Å². The fourth-order valence-corrected chi connectivity index (χ4v) is 2.35. The molecule has 0 aliphatic heterocycles. The van der Waals surface area contributed by atoms with Gasteiger partial charge in [0.2, 0.25) is 5.82 Å². The van der Waals surface area contributed by atoms with Crippen molar-refractivity contribution in [2.24, 2.45) is 0 Å². The average Bonchev–Trinajstić information content (AvgIpc) is 2.54. The summed E-state index contributed by atoms with van der Waals surface area (Å²) >= 11 is 0. The molecule has 0 bridgehead atoms. The first-order valence-corrected chi connectivity index (χ1v) is 6.90. The maximum atomic E-state index is 13.9. The van der Waals surface area contributed by atoms with Crippen LogP contribution in [-0.4, -0.2) is 5.11 Å². The van der Waals surface area contributed by atoms with E-state index in [1.807, 2.05) is 43.3 Å². The number of halogens is 2. The molecule has 0 saturated carbocycles. The number of benzene rings is 3. The fourth-order valence-electron chi connectivity index (χ4n) is 2.35. The highest BCUT2D eigenvalue weighted by atomic mass is 19.2. The number of hydrogen-bond acceptors (Lipinski definition) is 1. The first kappa shape index (κ1) is 14.3. The van der Waals surface area contributed by atoms with Crippen molar-refractivity contribution in [1.82, 2.24) is 0 Å². The predicted molar refractivity (Wildman–Crippen MR) is 83.6 cm³/mol. The first-order chi connectivity index (χ1) is 10.6. The van der Waals surface area contributed by atoms with E-state index in [1.54, 1.807) is 12.1 Å². The minimum atomic E-state index is -1.22. The summed E-state index contributed by atoms with van der Waals surface area (Å²) in [6.07, 6.45) is 0. The summed E-state index contributed by atoms with van der Waals surface area (Å²) in [5.74, 6) is -2.94. The van der Waals surface area contributed by atoms with Gasteiger partial charge in [-0.3, -0.25) is 0 Å². The zero-order valence-electron chi connectivity index (χ0n) is 12.0. The number of aromatic hydroxyl groups is 1. The van der Waals surface area contributed by atoms with Crippen molar-refractivity contribution in [3.05, 3.63) is 77.9 Å².